The number of carbonyl (C=O) groups is 1. The van der Waals surface area contributed by atoms with Crippen molar-refractivity contribution < 1.29 is 9.18 Å². The molecule has 1 amide bonds. The van der Waals surface area contributed by atoms with Crippen LogP contribution in [-0.4, -0.2) is 31.5 Å². The zero-order chi connectivity index (χ0) is 19.0. The summed E-state index contributed by atoms with van der Waals surface area (Å²) in [5.41, 5.74) is 10.3. The maximum absolute atomic E-state index is 14.0. The zero-order valence-corrected chi connectivity index (χ0v) is 14.6. The van der Waals surface area contributed by atoms with Crippen molar-refractivity contribution in [3.05, 3.63) is 47.5 Å². The number of hydrogen-bond acceptors (Lipinski definition) is 6. The lowest BCUT2D eigenvalue weighted by Crippen LogP contribution is -2.29. The van der Waals surface area contributed by atoms with Crippen molar-refractivity contribution in [2.75, 3.05) is 5.73 Å². The molecule has 0 saturated heterocycles. The fourth-order valence-corrected chi connectivity index (χ4v) is 2.82. The number of nitrogens with zero attached hydrogens (tertiary/aromatic N) is 5. The van der Waals surface area contributed by atoms with Gasteiger partial charge in [-0.3, -0.25) is 4.79 Å². The van der Waals surface area contributed by atoms with Crippen LogP contribution in [0.3, 0.4) is 0 Å². The molecule has 1 aromatic carbocycles. The summed E-state index contributed by atoms with van der Waals surface area (Å²) in [6.07, 6.45) is 3.96. The molecule has 0 atom stereocenters. The van der Waals surface area contributed by atoms with Gasteiger partial charge in [-0.05, 0) is 18.2 Å². The fourth-order valence-electron chi connectivity index (χ4n) is 2.70. The van der Waals surface area contributed by atoms with E-state index in [1.807, 2.05) is 0 Å². The fraction of sp³-hybridized carbons (Fsp3) is 0.118. The van der Waals surface area contributed by atoms with E-state index in [1.165, 1.54) is 23.0 Å². The van der Waals surface area contributed by atoms with Crippen LogP contribution in [0.4, 0.5) is 10.3 Å². The second-order valence-electron chi connectivity index (χ2n) is 5.83. The highest BCUT2D eigenvalue weighted by Gasteiger charge is 2.20. The lowest BCUT2D eigenvalue weighted by atomic mass is 10.1. The Hall–Kier alpha value is -3.33. The van der Waals surface area contributed by atoms with Gasteiger partial charge in [0.2, 0.25) is 11.9 Å². The van der Waals surface area contributed by atoms with E-state index >= 15 is 0 Å². The van der Waals surface area contributed by atoms with Gasteiger partial charge in [0.1, 0.15) is 11.5 Å². The molecular formula is C17H13ClFN7O. The number of nitrogens with one attached hydrogen (secondary N) is 1. The van der Waals surface area contributed by atoms with Crippen LogP contribution in [0.1, 0.15) is 12.8 Å². The number of halogens is 2. The first-order valence-electron chi connectivity index (χ1n) is 8.01. The summed E-state index contributed by atoms with van der Waals surface area (Å²) in [5.74, 6) is -0.0526. The number of aromatic nitrogens is 4. The van der Waals surface area contributed by atoms with Gasteiger partial charge in [-0.25, -0.2) is 24.5 Å². The van der Waals surface area contributed by atoms with Gasteiger partial charge in [0.05, 0.1) is 10.7 Å². The Labute approximate surface area is 157 Å². The Bertz CT molecular complexity index is 1080. The number of hydrazone groups is 1. The van der Waals surface area contributed by atoms with Gasteiger partial charge in [0, 0.05) is 36.4 Å². The lowest BCUT2D eigenvalue weighted by molar-refractivity contribution is -0.121. The van der Waals surface area contributed by atoms with Crippen LogP contribution in [0, 0.1) is 5.82 Å². The van der Waals surface area contributed by atoms with Crippen LogP contribution in [0.2, 0.25) is 5.02 Å². The molecule has 0 aliphatic carbocycles. The van der Waals surface area contributed by atoms with Gasteiger partial charge < -0.3 is 5.73 Å². The summed E-state index contributed by atoms with van der Waals surface area (Å²) >= 11 is 5.79. The molecule has 0 unspecified atom stereocenters. The Kier molecular flexibility index (Phi) is 4.28. The van der Waals surface area contributed by atoms with Crippen LogP contribution in [0.15, 0.2) is 41.8 Å². The van der Waals surface area contributed by atoms with Crippen LogP contribution in [0.25, 0.3) is 22.5 Å². The molecule has 0 fully saturated rings. The number of carbonyl (C=O) groups excluding carboxylic acids is 1. The molecule has 8 nitrogen and oxygen atoms in total. The van der Waals surface area contributed by atoms with Crippen molar-refractivity contribution in [2.45, 2.75) is 12.8 Å². The molecule has 0 spiro atoms. The van der Waals surface area contributed by atoms with Crippen molar-refractivity contribution in [3.63, 3.8) is 0 Å². The van der Waals surface area contributed by atoms with Crippen LogP contribution in [-0.2, 0) is 4.79 Å². The maximum Gasteiger partial charge on any atom is 0.240 e. The number of nitrogen functional groups attached to an aromatic ring is 1. The highest BCUT2D eigenvalue weighted by atomic mass is 35.5. The third kappa shape index (κ3) is 3.36. The maximum atomic E-state index is 14.0. The van der Waals surface area contributed by atoms with E-state index in [-0.39, 0.29) is 16.9 Å². The standard InChI is InChI=1S/C17H13ClFN7O/c18-11-2-1-9(7-12(11)19)16-10(13-5-6-21-17(20)22-13)8-26(25-16)14-3-4-15(27)24-23-14/h1-2,5-8H,3-4H2,(H,24,27)(H2,20,21,22). The quantitative estimate of drug-likeness (QED) is 0.703. The summed E-state index contributed by atoms with van der Waals surface area (Å²) < 4.78 is 15.5. The molecule has 0 radical (unpaired) electrons. The first-order valence-corrected chi connectivity index (χ1v) is 8.39. The molecule has 1 aliphatic heterocycles. The van der Waals surface area contributed by atoms with Gasteiger partial charge in [-0.1, -0.05) is 17.7 Å². The second-order valence-corrected chi connectivity index (χ2v) is 6.24. The van der Waals surface area contributed by atoms with Crippen molar-refractivity contribution in [1.29, 1.82) is 0 Å². The van der Waals surface area contributed by atoms with E-state index in [9.17, 15) is 9.18 Å². The van der Waals surface area contributed by atoms with Crippen LogP contribution >= 0.6 is 11.6 Å². The van der Waals surface area contributed by atoms with Gasteiger partial charge >= 0.3 is 0 Å². The molecule has 3 heterocycles. The lowest BCUT2D eigenvalue weighted by Gasteiger charge is -2.11. The Morgan fingerprint density at radius 1 is 1.26 bits per heavy atom. The van der Waals surface area contributed by atoms with Crippen molar-refractivity contribution in [2.24, 2.45) is 5.10 Å². The smallest absolute Gasteiger partial charge is 0.240 e. The first kappa shape index (κ1) is 17.1. The SMILES string of the molecule is Nc1nccc(-c2cn(C3=NNC(=O)CC3)nc2-c2ccc(Cl)c(F)c2)n1. The third-order valence-electron chi connectivity index (χ3n) is 4.01. The van der Waals surface area contributed by atoms with Gasteiger partial charge in [-0.15, -0.1) is 0 Å². The Balaban J connectivity index is 1.87. The number of anilines is 1. The molecule has 136 valence electrons. The van der Waals surface area contributed by atoms with E-state index in [1.54, 1.807) is 18.3 Å². The van der Waals surface area contributed by atoms with E-state index in [0.29, 0.717) is 41.2 Å². The van der Waals surface area contributed by atoms with Gasteiger partial charge in [-0.2, -0.15) is 10.2 Å². The number of benzene rings is 1. The Morgan fingerprint density at radius 2 is 2.11 bits per heavy atom. The number of amides is 1. The molecule has 10 heteroatoms. The number of rotatable bonds is 2. The number of nitrogens with two attached hydrogens (primary N) is 1. The minimum atomic E-state index is -0.556. The van der Waals surface area contributed by atoms with Crippen molar-refractivity contribution in [1.82, 2.24) is 25.2 Å². The van der Waals surface area contributed by atoms with E-state index < -0.39 is 5.82 Å². The third-order valence-corrected chi connectivity index (χ3v) is 4.31. The summed E-state index contributed by atoms with van der Waals surface area (Å²) in [6, 6.07) is 6.10. The van der Waals surface area contributed by atoms with E-state index in [2.05, 4.69) is 25.6 Å². The van der Waals surface area contributed by atoms with Crippen LogP contribution < -0.4 is 11.2 Å². The van der Waals surface area contributed by atoms with Gasteiger partial charge in [0.15, 0.2) is 5.84 Å². The monoisotopic (exact) mass is 385 g/mol. The van der Waals surface area contributed by atoms with Crippen molar-refractivity contribution in [3.8, 4) is 22.5 Å². The molecule has 27 heavy (non-hydrogen) atoms. The number of hydrogen-bond donors (Lipinski definition) is 2. The first-order chi connectivity index (χ1) is 13.0. The summed E-state index contributed by atoms with van der Waals surface area (Å²) in [5, 5.41) is 8.59. The molecule has 3 N–H and O–H groups in total. The molecule has 1 aliphatic rings. The zero-order valence-electron chi connectivity index (χ0n) is 13.9. The van der Waals surface area contributed by atoms with Crippen LogP contribution in [0.5, 0.6) is 0 Å². The molecule has 0 saturated carbocycles. The molecule has 3 aromatic rings. The molecule has 4 rings (SSSR count). The largest absolute Gasteiger partial charge is 0.368 e. The highest BCUT2D eigenvalue weighted by Crippen LogP contribution is 2.32. The predicted molar refractivity (Wildman–Crippen MR) is 98.3 cm³/mol. The second kappa shape index (κ2) is 6.76. The van der Waals surface area contributed by atoms with E-state index in [4.69, 9.17) is 17.3 Å². The summed E-state index contributed by atoms with van der Waals surface area (Å²) in [4.78, 5) is 19.4. The highest BCUT2D eigenvalue weighted by molar-refractivity contribution is 6.30. The summed E-state index contributed by atoms with van der Waals surface area (Å²) in [7, 11) is 0. The normalized spacial score (nSPS) is 14.0. The topological polar surface area (TPSA) is 111 Å². The Morgan fingerprint density at radius 3 is 2.81 bits per heavy atom. The predicted octanol–water partition coefficient (Wildman–Crippen LogP) is 2.45. The molecule has 2 aromatic heterocycles. The average Bonchev–Trinajstić information content (AvgIpc) is 3.10. The minimum absolute atomic E-state index is 0.0189. The van der Waals surface area contributed by atoms with Gasteiger partial charge in [0.25, 0.3) is 0 Å². The minimum Gasteiger partial charge on any atom is -0.368 e. The average molecular weight is 386 g/mol. The van der Waals surface area contributed by atoms with Crippen molar-refractivity contribution >= 4 is 29.3 Å². The van der Waals surface area contributed by atoms with E-state index in [0.717, 1.165) is 0 Å². The summed E-state index contributed by atoms with van der Waals surface area (Å²) in [6.45, 7) is 0. The molecular weight excluding hydrogens is 373 g/mol. The molecule has 0 bridgehead atoms.